The highest BCUT2D eigenvalue weighted by Gasteiger charge is 2.31. The molecule has 0 radical (unpaired) electrons. The highest BCUT2D eigenvalue weighted by Crippen LogP contribution is 2.25. The van der Waals surface area contributed by atoms with Crippen molar-refractivity contribution >= 4 is 11.7 Å². The third kappa shape index (κ3) is 7.79. The average Bonchev–Trinajstić information content (AvgIpc) is 3.38. The van der Waals surface area contributed by atoms with Crippen molar-refractivity contribution in [2.45, 2.75) is 39.0 Å². The summed E-state index contributed by atoms with van der Waals surface area (Å²) in [6.45, 7) is 4.24. The molecule has 1 heterocycles. The van der Waals surface area contributed by atoms with Crippen LogP contribution in [-0.2, 0) is 6.42 Å². The lowest BCUT2D eigenvalue weighted by Crippen LogP contribution is -2.29. The lowest BCUT2D eigenvalue weighted by atomic mass is 10.0. The summed E-state index contributed by atoms with van der Waals surface area (Å²) in [4.78, 5) is 16.5. The lowest BCUT2D eigenvalue weighted by Gasteiger charge is -2.11. The first-order valence-electron chi connectivity index (χ1n) is 12.3. The number of carbonyl (C=O) groups excluding carboxylic acids is 1. The van der Waals surface area contributed by atoms with Gasteiger partial charge in [-0.3, -0.25) is 0 Å². The molecule has 39 heavy (non-hydrogen) atoms. The van der Waals surface area contributed by atoms with Gasteiger partial charge in [-0.25, -0.2) is 18.9 Å². The number of carbonyl (C=O) groups is 1. The van der Waals surface area contributed by atoms with Gasteiger partial charge in [0.15, 0.2) is 5.82 Å². The quantitative estimate of drug-likeness (QED) is 0.179. The van der Waals surface area contributed by atoms with E-state index in [1.54, 1.807) is 6.07 Å². The Morgan fingerprint density at radius 1 is 1.03 bits per heavy atom. The van der Waals surface area contributed by atoms with Crippen LogP contribution < -0.4 is 15.4 Å². The molecule has 7 nitrogen and oxygen atoms in total. The van der Waals surface area contributed by atoms with Gasteiger partial charge in [-0.15, -0.1) is 18.3 Å². The van der Waals surface area contributed by atoms with Crippen LogP contribution in [0.5, 0.6) is 5.75 Å². The number of aryl methyl sites for hydroxylation is 1. The Kier molecular flexibility index (Phi) is 8.48. The Morgan fingerprint density at radius 2 is 1.74 bits per heavy atom. The summed E-state index contributed by atoms with van der Waals surface area (Å²) in [5, 5.41) is 9.94. The first-order valence-corrected chi connectivity index (χ1v) is 12.3. The molecule has 11 heteroatoms. The second-order valence-corrected chi connectivity index (χ2v) is 9.13. The van der Waals surface area contributed by atoms with Crippen molar-refractivity contribution in [1.82, 2.24) is 20.1 Å². The van der Waals surface area contributed by atoms with E-state index in [0.29, 0.717) is 35.7 Å². The Morgan fingerprint density at radius 3 is 2.41 bits per heavy atom. The van der Waals surface area contributed by atoms with E-state index in [0.717, 1.165) is 17.5 Å². The normalized spacial score (nSPS) is 11.5. The summed E-state index contributed by atoms with van der Waals surface area (Å²) < 4.78 is 56.2. The van der Waals surface area contributed by atoms with Gasteiger partial charge in [0.25, 0.3) is 0 Å². The van der Waals surface area contributed by atoms with Crippen LogP contribution >= 0.6 is 0 Å². The van der Waals surface area contributed by atoms with Gasteiger partial charge >= 0.3 is 12.4 Å². The number of halogens is 4. The second-order valence-electron chi connectivity index (χ2n) is 9.13. The molecule has 1 aromatic heterocycles. The predicted octanol–water partition coefficient (Wildman–Crippen LogP) is 6.85. The molecule has 204 valence electrons. The number of aromatic nitrogens is 3. The molecule has 0 bridgehead atoms. The number of benzene rings is 3. The second kappa shape index (κ2) is 12.0. The van der Waals surface area contributed by atoms with Crippen molar-refractivity contribution in [2.24, 2.45) is 0 Å². The zero-order chi connectivity index (χ0) is 28.0. The third-order valence-electron chi connectivity index (χ3n) is 5.84. The number of hydrogen-bond acceptors (Lipinski definition) is 4. The molecule has 2 amide bonds. The minimum Gasteiger partial charge on any atom is -0.406 e. The van der Waals surface area contributed by atoms with Crippen molar-refractivity contribution < 1.29 is 27.1 Å². The zero-order valence-electron chi connectivity index (χ0n) is 21.3. The molecular weight excluding hydrogens is 514 g/mol. The topological polar surface area (TPSA) is 81.1 Å². The number of nitrogens with one attached hydrogen (secondary N) is 2. The van der Waals surface area contributed by atoms with E-state index in [4.69, 9.17) is 0 Å². The first-order chi connectivity index (χ1) is 18.6. The lowest BCUT2D eigenvalue weighted by molar-refractivity contribution is -0.274. The molecular formula is C28H27F4N5O2. The van der Waals surface area contributed by atoms with Gasteiger partial charge in [0.05, 0.1) is 5.69 Å². The number of anilines is 1. The number of ether oxygens (including phenoxy) is 1. The van der Waals surface area contributed by atoms with Crippen LogP contribution in [0.4, 0.5) is 28.0 Å². The van der Waals surface area contributed by atoms with E-state index in [9.17, 15) is 22.4 Å². The van der Waals surface area contributed by atoms with Crippen molar-refractivity contribution in [3.05, 3.63) is 90.0 Å². The van der Waals surface area contributed by atoms with Gasteiger partial charge in [-0.1, -0.05) is 38.1 Å². The fourth-order valence-corrected chi connectivity index (χ4v) is 3.87. The average molecular weight is 542 g/mol. The molecule has 0 spiro atoms. The van der Waals surface area contributed by atoms with Crippen molar-refractivity contribution in [3.63, 3.8) is 0 Å². The Labute approximate surface area is 222 Å². The van der Waals surface area contributed by atoms with Gasteiger partial charge < -0.3 is 15.4 Å². The zero-order valence-corrected chi connectivity index (χ0v) is 21.3. The van der Waals surface area contributed by atoms with Crippen LogP contribution in [0, 0.1) is 5.82 Å². The molecule has 0 aliphatic heterocycles. The van der Waals surface area contributed by atoms with E-state index in [1.807, 2.05) is 38.1 Å². The molecule has 0 saturated carbocycles. The molecule has 0 aliphatic carbocycles. The highest BCUT2D eigenvalue weighted by molar-refractivity contribution is 5.89. The van der Waals surface area contributed by atoms with Crippen molar-refractivity contribution in [3.8, 4) is 22.8 Å². The molecule has 4 rings (SSSR count). The fourth-order valence-electron chi connectivity index (χ4n) is 3.87. The number of nitrogens with zero attached hydrogens (tertiary/aromatic N) is 3. The van der Waals surface area contributed by atoms with Gasteiger partial charge in [-0.2, -0.15) is 0 Å². The van der Waals surface area contributed by atoms with Crippen molar-refractivity contribution in [1.29, 1.82) is 0 Å². The predicted molar refractivity (Wildman–Crippen MR) is 139 cm³/mol. The van der Waals surface area contributed by atoms with Crippen LogP contribution in [0.25, 0.3) is 17.1 Å². The van der Waals surface area contributed by atoms with Crippen LogP contribution in [0.15, 0.2) is 73.1 Å². The number of rotatable bonds is 9. The van der Waals surface area contributed by atoms with Gasteiger partial charge in [0.2, 0.25) is 0 Å². The third-order valence-corrected chi connectivity index (χ3v) is 5.84. The minimum absolute atomic E-state index is 0.00944. The highest BCUT2D eigenvalue weighted by atomic mass is 19.4. The summed E-state index contributed by atoms with van der Waals surface area (Å²) in [5.74, 6) is -0.127. The summed E-state index contributed by atoms with van der Waals surface area (Å²) in [5.41, 5.74) is 3.48. The van der Waals surface area contributed by atoms with Gasteiger partial charge in [0, 0.05) is 17.8 Å². The molecule has 0 saturated heterocycles. The van der Waals surface area contributed by atoms with E-state index in [-0.39, 0.29) is 23.5 Å². The Bertz CT molecular complexity index is 1400. The molecule has 2 N–H and O–H groups in total. The molecule has 4 aromatic rings. The molecule has 0 fully saturated rings. The fraction of sp³-hybridized carbons (Fsp3) is 0.250. The molecule has 3 aromatic carbocycles. The number of amides is 2. The van der Waals surface area contributed by atoms with E-state index in [1.165, 1.54) is 47.4 Å². The van der Waals surface area contributed by atoms with E-state index >= 15 is 0 Å². The molecule has 0 atom stereocenters. The van der Waals surface area contributed by atoms with Gasteiger partial charge in [0.1, 0.15) is 17.9 Å². The Balaban J connectivity index is 1.25. The summed E-state index contributed by atoms with van der Waals surface area (Å²) in [6.07, 6.45) is -1.81. The maximum atomic E-state index is 13.8. The Hall–Kier alpha value is -4.41. The van der Waals surface area contributed by atoms with Gasteiger partial charge in [-0.05, 0) is 72.4 Å². The largest absolute Gasteiger partial charge is 0.573 e. The van der Waals surface area contributed by atoms with E-state index in [2.05, 4.69) is 25.5 Å². The smallest absolute Gasteiger partial charge is 0.406 e. The summed E-state index contributed by atoms with van der Waals surface area (Å²) in [6, 6.07) is 17.2. The minimum atomic E-state index is -4.75. The standard InChI is InChI=1S/C28H27F4N5O2/c1-18(2)24-16-21(9-14-25(24)29)35-27(38)33-15-3-4-19-5-7-20(8-6-19)26-34-17-37(36-26)22-10-12-23(13-11-22)39-28(30,31)32/h5-14,16-18H,3-4,15H2,1-2H3,(H2,33,35,38). The number of alkyl halides is 3. The van der Waals surface area contributed by atoms with Crippen LogP contribution in [0.3, 0.4) is 0 Å². The molecule has 0 aliphatic rings. The number of hydrogen-bond donors (Lipinski definition) is 2. The SMILES string of the molecule is CC(C)c1cc(NC(=O)NCCCc2ccc(-c3ncn(-c4ccc(OC(F)(F)F)cc4)n3)cc2)ccc1F. The first kappa shape index (κ1) is 27.6. The van der Waals surface area contributed by atoms with Crippen LogP contribution in [0.1, 0.15) is 37.3 Å². The molecule has 0 unspecified atom stereocenters. The summed E-state index contributed by atoms with van der Waals surface area (Å²) in [7, 11) is 0. The van der Waals surface area contributed by atoms with E-state index < -0.39 is 6.36 Å². The number of urea groups is 1. The maximum Gasteiger partial charge on any atom is 0.573 e. The van der Waals surface area contributed by atoms with Crippen LogP contribution in [0.2, 0.25) is 0 Å². The summed E-state index contributed by atoms with van der Waals surface area (Å²) >= 11 is 0. The van der Waals surface area contributed by atoms with Crippen molar-refractivity contribution in [2.75, 3.05) is 11.9 Å². The monoisotopic (exact) mass is 541 g/mol. The van der Waals surface area contributed by atoms with Crippen LogP contribution in [-0.4, -0.2) is 33.7 Å². The maximum absolute atomic E-state index is 13.8.